The second-order valence-corrected chi connectivity index (χ2v) is 6.33. The van der Waals surface area contributed by atoms with Crippen LogP contribution in [0, 0.1) is 13.8 Å². The van der Waals surface area contributed by atoms with E-state index in [1.807, 2.05) is 50.2 Å². The number of anilines is 1. The number of aryl methyl sites for hydroxylation is 2. The molecule has 5 heteroatoms. The van der Waals surface area contributed by atoms with E-state index < -0.39 is 0 Å². The van der Waals surface area contributed by atoms with Crippen molar-refractivity contribution in [3.63, 3.8) is 0 Å². The standard InChI is InChI=1S/C21H23N3O2/c1-13-5-6-17(11-20(13)26-4)19-12-21(24-15(3)23-19)22-14(2)16-7-9-18(25)10-8-16/h5-12,14,25H,1-4H3,(H,22,23,24). The molecule has 1 atom stereocenters. The molecule has 0 bridgehead atoms. The van der Waals surface area contributed by atoms with Crippen molar-refractivity contribution in [2.75, 3.05) is 12.4 Å². The van der Waals surface area contributed by atoms with Crippen LogP contribution in [0.25, 0.3) is 11.3 Å². The Labute approximate surface area is 153 Å². The molecule has 3 rings (SSSR count). The summed E-state index contributed by atoms with van der Waals surface area (Å²) >= 11 is 0. The average Bonchev–Trinajstić information content (AvgIpc) is 2.62. The number of aromatic hydroxyl groups is 1. The van der Waals surface area contributed by atoms with Gasteiger partial charge in [0.2, 0.25) is 0 Å². The van der Waals surface area contributed by atoms with E-state index in [-0.39, 0.29) is 11.8 Å². The van der Waals surface area contributed by atoms with Crippen LogP contribution in [0.2, 0.25) is 0 Å². The van der Waals surface area contributed by atoms with Gasteiger partial charge in [0, 0.05) is 17.7 Å². The number of rotatable bonds is 5. The number of phenols is 1. The molecule has 0 aliphatic rings. The zero-order valence-electron chi connectivity index (χ0n) is 15.4. The van der Waals surface area contributed by atoms with Crippen molar-refractivity contribution in [1.82, 2.24) is 9.97 Å². The van der Waals surface area contributed by atoms with Gasteiger partial charge in [-0.05, 0) is 50.1 Å². The molecule has 0 fully saturated rings. The molecule has 0 spiro atoms. The van der Waals surface area contributed by atoms with Crippen LogP contribution in [-0.2, 0) is 0 Å². The van der Waals surface area contributed by atoms with E-state index in [1.165, 1.54) is 0 Å². The van der Waals surface area contributed by atoms with Gasteiger partial charge in [-0.25, -0.2) is 9.97 Å². The lowest BCUT2D eigenvalue weighted by atomic mass is 10.1. The number of hydrogen-bond acceptors (Lipinski definition) is 5. The molecule has 1 unspecified atom stereocenters. The van der Waals surface area contributed by atoms with E-state index >= 15 is 0 Å². The second kappa shape index (κ2) is 7.44. The van der Waals surface area contributed by atoms with Gasteiger partial charge in [-0.15, -0.1) is 0 Å². The summed E-state index contributed by atoms with van der Waals surface area (Å²) in [6, 6.07) is 15.2. The summed E-state index contributed by atoms with van der Waals surface area (Å²) < 4.78 is 5.42. The fourth-order valence-corrected chi connectivity index (χ4v) is 2.84. The fraction of sp³-hybridized carbons (Fsp3) is 0.238. The highest BCUT2D eigenvalue weighted by atomic mass is 16.5. The maximum Gasteiger partial charge on any atom is 0.130 e. The van der Waals surface area contributed by atoms with Crippen molar-refractivity contribution in [3.05, 3.63) is 65.5 Å². The molecule has 1 heterocycles. The molecule has 26 heavy (non-hydrogen) atoms. The molecule has 2 N–H and O–H groups in total. The SMILES string of the molecule is COc1cc(-c2cc(NC(C)c3ccc(O)cc3)nc(C)n2)ccc1C. The molecule has 2 aromatic carbocycles. The summed E-state index contributed by atoms with van der Waals surface area (Å²) in [4.78, 5) is 9.06. The first-order chi connectivity index (χ1) is 12.5. The third-order valence-corrected chi connectivity index (χ3v) is 4.30. The van der Waals surface area contributed by atoms with Crippen molar-refractivity contribution in [3.8, 4) is 22.8 Å². The van der Waals surface area contributed by atoms with Crippen molar-refractivity contribution in [2.24, 2.45) is 0 Å². The Bertz CT molecular complexity index is 908. The maximum absolute atomic E-state index is 9.44. The van der Waals surface area contributed by atoms with Gasteiger partial charge < -0.3 is 15.2 Å². The van der Waals surface area contributed by atoms with Crippen LogP contribution in [0.3, 0.4) is 0 Å². The molecular weight excluding hydrogens is 326 g/mol. The fourth-order valence-electron chi connectivity index (χ4n) is 2.84. The molecule has 134 valence electrons. The van der Waals surface area contributed by atoms with Gasteiger partial charge in [0.05, 0.1) is 12.8 Å². The van der Waals surface area contributed by atoms with E-state index in [9.17, 15) is 5.11 Å². The molecule has 0 radical (unpaired) electrons. The third-order valence-electron chi connectivity index (χ3n) is 4.30. The number of nitrogens with zero attached hydrogens (tertiary/aromatic N) is 2. The minimum absolute atomic E-state index is 0.0466. The van der Waals surface area contributed by atoms with Crippen LogP contribution in [0.15, 0.2) is 48.5 Å². The van der Waals surface area contributed by atoms with Gasteiger partial charge in [-0.3, -0.25) is 0 Å². The first-order valence-electron chi connectivity index (χ1n) is 8.52. The Morgan fingerprint density at radius 1 is 1.00 bits per heavy atom. The van der Waals surface area contributed by atoms with Gasteiger partial charge in [-0.2, -0.15) is 0 Å². The Morgan fingerprint density at radius 2 is 1.73 bits per heavy atom. The zero-order valence-corrected chi connectivity index (χ0v) is 15.4. The number of benzene rings is 2. The van der Waals surface area contributed by atoms with E-state index in [4.69, 9.17) is 4.74 Å². The van der Waals surface area contributed by atoms with Crippen LogP contribution >= 0.6 is 0 Å². The molecular formula is C21H23N3O2. The summed E-state index contributed by atoms with van der Waals surface area (Å²) in [6.07, 6.45) is 0. The lowest BCUT2D eigenvalue weighted by molar-refractivity contribution is 0.412. The Hall–Kier alpha value is -3.08. The predicted molar refractivity (Wildman–Crippen MR) is 104 cm³/mol. The van der Waals surface area contributed by atoms with Crippen LogP contribution in [0.5, 0.6) is 11.5 Å². The van der Waals surface area contributed by atoms with Crippen LogP contribution in [0.1, 0.15) is 29.9 Å². The Morgan fingerprint density at radius 3 is 2.42 bits per heavy atom. The molecule has 0 saturated heterocycles. The van der Waals surface area contributed by atoms with Crippen LogP contribution in [-0.4, -0.2) is 22.2 Å². The normalized spacial score (nSPS) is 11.8. The highest BCUT2D eigenvalue weighted by Gasteiger charge is 2.10. The monoisotopic (exact) mass is 349 g/mol. The molecule has 0 amide bonds. The Kier molecular flexibility index (Phi) is 5.07. The number of nitrogens with one attached hydrogen (secondary N) is 1. The van der Waals surface area contributed by atoms with Crippen LogP contribution in [0.4, 0.5) is 5.82 Å². The van der Waals surface area contributed by atoms with Crippen molar-refractivity contribution < 1.29 is 9.84 Å². The zero-order chi connectivity index (χ0) is 18.7. The smallest absolute Gasteiger partial charge is 0.130 e. The summed E-state index contributed by atoms with van der Waals surface area (Å²) in [6.45, 7) is 5.95. The molecule has 1 aromatic heterocycles. The highest BCUT2D eigenvalue weighted by Crippen LogP contribution is 2.28. The number of aromatic nitrogens is 2. The van der Waals surface area contributed by atoms with Gasteiger partial charge in [-0.1, -0.05) is 24.3 Å². The van der Waals surface area contributed by atoms with E-state index in [0.29, 0.717) is 5.82 Å². The van der Waals surface area contributed by atoms with Crippen molar-refractivity contribution in [1.29, 1.82) is 0 Å². The van der Waals surface area contributed by atoms with Gasteiger partial charge in [0.1, 0.15) is 23.1 Å². The second-order valence-electron chi connectivity index (χ2n) is 6.33. The average molecular weight is 349 g/mol. The largest absolute Gasteiger partial charge is 0.508 e. The number of ether oxygens (including phenoxy) is 1. The van der Waals surface area contributed by atoms with E-state index in [2.05, 4.69) is 22.2 Å². The van der Waals surface area contributed by atoms with Gasteiger partial charge in [0.25, 0.3) is 0 Å². The molecule has 5 nitrogen and oxygen atoms in total. The summed E-state index contributed by atoms with van der Waals surface area (Å²) in [5.74, 6) is 2.55. The molecule has 0 aliphatic carbocycles. The van der Waals surface area contributed by atoms with Gasteiger partial charge in [0.15, 0.2) is 0 Å². The first-order valence-corrected chi connectivity index (χ1v) is 8.52. The predicted octanol–water partition coefficient (Wildman–Crippen LogP) is 4.65. The van der Waals surface area contributed by atoms with Crippen molar-refractivity contribution >= 4 is 5.82 Å². The molecule has 0 aliphatic heterocycles. The molecule has 0 saturated carbocycles. The summed E-state index contributed by atoms with van der Waals surface area (Å²) in [5, 5.41) is 12.8. The lowest BCUT2D eigenvalue weighted by Gasteiger charge is -2.16. The third kappa shape index (κ3) is 3.94. The number of phenolic OH excluding ortho intramolecular Hbond substituents is 1. The van der Waals surface area contributed by atoms with Crippen LogP contribution < -0.4 is 10.1 Å². The molecule has 3 aromatic rings. The number of hydrogen-bond donors (Lipinski definition) is 2. The minimum Gasteiger partial charge on any atom is -0.508 e. The topological polar surface area (TPSA) is 67.3 Å². The van der Waals surface area contributed by atoms with E-state index in [1.54, 1.807) is 19.2 Å². The Balaban J connectivity index is 1.89. The summed E-state index contributed by atoms with van der Waals surface area (Å²) in [7, 11) is 1.67. The lowest BCUT2D eigenvalue weighted by Crippen LogP contribution is -2.09. The number of methoxy groups -OCH3 is 1. The summed E-state index contributed by atoms with van der Waals surface area (Å²) in [5.41, 5.74) is 3.98. The van der Waals surface area contributed by atoms with Crippen molar-refractivity contribution in [2.45, 2.75) is 26.8 Å². The quantitative estimate of drug-likeness (QED) is 0.702. The minimum atomic E-state index is 0.0466. The highest BCUT2D eigenvalue weighted by molar-refractivity contribution is 5.65. The van der Waals surface area contributed by atoms with Gasteiger partial charge >= 0.3 is 0 Å². The van der Waals surface area contributed by atoms with E-state index in [0.717, 1.165) is 34.0 Å². The first kappa shape index (κ1) is 17.7. The maximum atomic E-state index is 9.44.